The molecule has 0 radical (unpaired) electrons. The van der Waals surface area contributed by atoms with Gasteiger partial charge in [-0.25, -0.2) is 0 Å². The fourth-order valence-electron chi connectivity index (χ4n) is 0.734. The summed E-state index contributed by atoms with van der Waals surface area (Å²) in [7, 11) is 1.80. The Morgan fingerprint density at radius 1 is 1.83 bits per heavy atom. The quantitative estimate of drug-likeness (QED) is 0.617. The van der Waals surface area contributed by atoms with Gasteiger partial charge in [0, 0.05) is 13.6 Å². The molecule has 0 fully saturated rings. The van der Waals surface area contributed by atoms with Crippen LogP contribution in [0.5, 0.6) is 5.75 Å². The summed E-state index contributed by atoms with van der Waals surface area (Å²) in [6.07, 6.45) is 2.71. The minimum atomic E-state index is -0.606. The van der Waals surface area contributed by atoms with Crippen molar-refractivity contribution in [1.82, 2.24) is 9.78 Å². The fourth-order valence-corrected chi connectivity index (χ4v) is 0.734. The summed E-state index contributed by atoms with van der Waals surface area (Å²) in [5.74, 6) is 0.644. The zero-order valence-corrected chi connectivity index (χ0v) is 6.97. The summed E-state index contributed by atoms with van der Waals surface area (Å²) in [5.41, 5.74) is 5.19. The third kappa shape index (κ3) is 2.52. The lowest BCUT2D eigenvalue weighted by atomic mass is 10.4. The molecule has 1 unspecified atom stereocenters. The van der Waals surface area contributed by atoms with E-state index in [1.54, 1.807) is 24.1 Å². The highest BCUT2D eigenvalue weighted by molar-refractivity contribution is 5.11. The Bertz CT molecular complexity index is 236. The summed E-state index contributed by atoms with van der Waals surface area (Å²) in [6.45, 7) is 0.419. The number of rotatable bonds is 4. The first-order valence-corrected chi connectivity index (χ1v) is 3.72. The molecule has 1 aromatic rings. The van der Waals surface area contributed by atoms with Gasteiger partial charge >= 0.3 is 0 Å². The van der Waals surface area contributed by atoms with Crippen molar-refractivity contribution in [2.24, 2.45) is 12.8 Å². The number of aromatic nitrogens is 2. The van der Waals surface area contributed by atoms with Crippen LogP contribution in [-0.4, -0.2) is 34.1 Å². The zero-order chi connectivity index (χ0) is 8.97. The zero-order valence-electron chi connectivity index (χ0n) is 6.97. The van der Waals surface area contributed by atoms with Gasteiger partial charge in [-0.15, -0.1) is 0 Å². The topological polar surface area (TPSA) is 73.3 Å². The van der Waals surface area contributed by atoms with Gasteiger partial charge in [-0.2, -0.15) is 5.10 Å². The summed E-state index contributed by atoms with van der Waals surface area (Å²) in [6, 6.07) is 0. The van der Waals surface area contributed by atoms with Gasteiger partial charge in [0.25, 0.3) is 0 Å². The molecule has 5 nitrogen and oxygen atoms in total. The number of aliphatic hydroxyl groups excluding tert-OH is 1. The molecule has 0 saturated heterocycles. The Kier molecular flexibility index (Phi) is 3.07. The molecule has 3 N–H and O–H groups in total. The maximum atomic E-state index is 9.05. The molecular weight excluding hydrogens is 158 g/mol. The number of aryl methyl sites for hydroxylation is 1. The van der Waals surface area contributed by atoms with Crippen LogP contribution in [0.3, 0.4) is 0 Å². The van der Waals surface area contributed by atoms with E-state index in [1.165, 1.54) is 0 Å². The van der Waals surface area contributed by atoms with E-state index in [-0.39, 0.29) is 13.2 Å². The van der Waals surface area contributed by atoms with Crippen LogP contribution in [0.1, 0.15) is 0 Å². The summed E-state index contributed by atoms with van der Waals surface area (Å²) in [5, 5.41) is 12.9. The molecule has 1 rings (SSSR count). The molecule has 0 aliphatic rings. The third-order valence-corrected chi connectivity index (χ3v) is 1.40. The largest absolute Gasteiger partial charge is 0.488 e. The second-order valence-electron chi connectivity index (χ2n) is 2.55. The Morgan fingerprint density at radius 2 is 2.58 bits per heavy atom. The number of hydrogen-bond donors (Lipinski definition) is 2. The highest BCUT2D eigenvalue weighted by Crippen LogP contribution is 2.06. The summed E-state index contributed by atoms with van der Waals surface area (Å²) in [4.78, 5) is 0. The lowest BCUT2D eigenvalue weighted by Crippen LogP contribution is -2.26. The van der Waals surface area contributed by atoms with Crippen molar-refractivity contribution in [3.8, 4) is 5.75 Å². The molecule has 0 aliphatic carbocycles. The van der Waals surface area contributed by atoms with Gasteiger partial charge in [-0.1, -0.05) is 0 Å². The number of ether oxygens (including phenoxy) is 1. The number of aliphatic hydroxyl groups is 1. The second-order valence-corrected chi connectivity index (χ2v) is 2.55. The van der Waals surface area contributed by atoms with Crippen molar-refractivity contribution in [2.75, 3.05) is 13.2 Å². The summed E-state index contributed by atoms with van der Waals surface area (Å²) < 4.78 is 6.80. The van der Waals surface area contributed by atoms with Crippen LogP contribution in [0.2, 0.25) is 0 Å². The normalized spacial score (nSPS) is 12.9. The SMILES string of the molecule is Cn1cc(OCC(O)CN)cn1. The predicted molar refractivity (Wildman–Crippen MR) is 43.8 cm³/mol. The van der Waals surface area contributed by atoms with Crippen LogP contribution in [0.4, 0.5) is 0 Å². The molecule has 5 heteroatoms. The molecule has 68 valence electrons. The molecule has 12 heavy (non-hydrogen) atoms. The lowest BCUT2D eigenvalue weighted by molar-refractivity contribution is 0.114. The standard InChI is InChI=1S/C7H13N3O2/c1-10-4-7(3-9-10)12-5-6(11)2-8/h3-4,6,11H,2,5,8H2,1H3. The van der Waals surface area contributed by atoms with E-state index >= 15 is 0 Å². The second kappa shape index (κ2) is 4.08. The van der Waals surface area contributed by atoms with Gasteiger partial charge in [0.05, 0.1) is 12.4 Å². The average molecular weight is 171 g/mol. The molecule has 0 spiro atoms. The Morgan fingerprint density at radius 3 is 3.08 bits per heavy atom. The molecule has 1 heterocycles. The lowest BCUT2D eigenvalue weighted by Gasteiger charge is -2.07. The number of hydrogen-bond acceptors (Lipinski definition) is 4. The van der Waals surface area contributed by atoms with E-state index in [4.69, 9.17) is 15.6 Å². The molecule has 1 atom stereocenters. The third-order valence-electron chi connectivity index (χ3n) is 1.40. The van der Waals surface area contributed by atoms with Crippen molar-refractivity contribution in [3.05, 3.63) is 12.4 Å². The van der Waals surface area contributed by atoms with Crippen LogP contribution in [0.25, 0.3) is 0 Å². The van der Waals surface area contributed by atoms with Crippen LogP contribution in [0.15, 0.2) is 12.4 Å². The Labute approximate surface area is 70.7 Å². The van der Waals surface area contributed by atoms with Crippen LogP contribution in [0, 0.1) is 0 Å². The molecule has 0 saturated carbocycles. The summed E-state index contributed by atoms with van der Waals surface area (Å²) >= 11 is 0. The van der Waals surface area contributed by atoms with Crippen LogP contribution < -0.4 is 10.5 Å². The molecular formula is C7H13N3O2. The van der Waals surface area contributed by atoms with Crippen LogP contribution in [-0.2, 0) is 7.05 Å². The maximum absolute atomic E-state index is 9.05. The smallest absolute Gasteiger partial charge is 0.157 e. The molecule has 0 bridgehead atoms. The highest BCUT2D eigenvalue weighted by Gasteiger charge is 2.02. The molecule has 0 amide bonds. The van der Waals surface area contributed by atoms with Crippen molar-refractivity contribution >= 4 is 0 Å². The Balaban J connectivity index is 2.33. The van der Waals surface area contributed by atoms with Crippen molar-refractivity contribution in [3.63, 3.8) is 0 Å². The average Bonchev–Trinajstić information content (AvgIpc) is 2.47. The number of nitrogens with zero attached hydrogens (tertiary/aromatic N) is 2. The van der Waals surface area contributed by atoms with E-state index in [0.29, 0.717) is 5.75 Å². The Hall–Kier alpha value is -1.07. The van der Waals surface area contributed by atoms with Gasteiger partial charge in [-0.3, -0.25) is 4.68 Å². The van der Waals surface area contributed by atoms with E-state index < -0.39 is 6.10 Å². The van der Waals surface area contributed by atoms with E-state index in [2.05, 4.69) is 5.10 Å². The van der Waals surface area contributed by atoms with Crippen molar-refractivity contribution < 1.29 is 9.84 Å². The van der Waals surface area contributed by atoms with Crippen molar-refractivity contribution in [1.29, 1.82) is 0 Å². The van der Waals surface area contributed by atoms with E-state index in [0.717, 1.165) is 0 Å². The van der Waals surface area contributed by atoms with Gasteiger partial charge < -0.3 is 15.6 Å². The first-order valence-electron chi connectivity index (χ1n) is 3.72. The molecule has 0 aliphatic heterocycles. The van der Waals surface area contributed by atoms with Gasteiger partial charge in [0.15, 0.2) is 5.75 Å². The molecule has 1 aromatic heterocycles. The number of nitrogens with two attached hydrogens (primary N) is 1. The highest BCUT2D eigenvalue weighted by atomic mass is 16.5. The first-order chi connectivity index (χ1) is 5.72. The van der Waals surface area contributed by atoms with Gasteiger partial charge in [-0.05, 0) is 0 Å². The maximum Gasteiger partial charge on any atom is 0.157 e. The predicted octanol–water partition coefficient (Wildman–Crippen LogP) is -0.881. The van der Waals surface area contributed by atoms with E-state index in [9.17, 15) is 0 Å². The fraction of sp³-hybridized carbons (Fsp3) is 0.571. The van der Waals surface area contributed by atoms with Gasteiger partial charge in [0.2, 0.25) is 0 Å². The van der Waals surface area contributed by atoms with Crippen LogP contribution >= 0.6 is 0 Å². The minimum Gasteiger partial charge on any atom is -0.488 e. The molecule has 0 aromatic carbocycles. The van der Waals surface area contributed by atoms with E-state index in [1.807, 2.05) is 0 Å². The monoisotopic (exact) mass is 171 g/mol. The first kappa shape index (κ1) is 9.02. The van der Waals surface area contributed by atoms with Crippen molar-refractivity contribution in [2.45, 2.75) is 6.10 Å². The minimum absolute atomic E-state index is 0.209. The van der Waals surface area contributed by atoms with Gasteiger partial charge in [0.1, 0.15) is 12.7 Å².